The molecule has 0 unspecified atom stereocenters. The summed E-state index contributed by atoms with van der Waals surface area (Å²) in [4.78, 5) is 17.2. The van der Waals surface area contributed by atoms with Crippen LogP contribution < -0.4 is 10.1 Å². The Labute approximate surface area is 175 Å². The first-order valence-electron chi connectivity index (χ1n) is 9.47. The first kappa shape index (κ1) is 21.0. The van der Waals surface area contributed by atoms with Gasteiger partial charge in [0.15, 0.2) is 0 Å². The van der Waals surface area contributed by atoms with Gasteiger partial charge in [0, 0.05) is 35.0 Å². The van der Waals surface area contributed by atoms with Gasteiger partial charge < -0.3 is 14.8 Å². The molecule has 0 atom stereocenters. The highest BCUT2D eigenvalue weighted by Crippen LogP contribution is 2.33. The lowest BCUT2D eigenvalue weighted by molar-refractivity contribution is 0.0531. The van der Waals surface area contributed by atoms with E-state index < -0.39 is 5.60 Å². The van der Waals surface area contributed by atoms with Crippen molar-refractivity contribution in [1.82, 2.24) is 10.3 Å². The van der Waals surface area contributed by atoms with Crippen LogP contribution in [0, 0.1) is 0 Å². The van der Waals surface area contributed by atoms with Gasteiger partial charge in [-0.1, -0.05) is 12.1 Å². The van der Waals surface area contributed by atoms with Gasteiger partial charge in [0.05, 0.1) is 7.11 Å². The molecule has 152 valence electrons. The Hall–Kier alpha value is -2.73. The summed E-state index contributed by atoms with van der Waals surface area (Å²) in [6, 6.07) is 14.4. The number of thioether (sulfide) groups is 1. The van der Waals surface area contributed by atoms with E-state index in [1.54, 1.807) is 25.1 Å². The predicted molar refractivity (Wildman–Crippen MR) is 119 cm³/mol. The second-order valence-corrected chi connectivity index (χ2v) is 8.71. The fourth-order valence-corrected chi connectivity index (χ4v) is 3.85. The van der Waals surface area contributed by atoms with Crippen molar-refractivity contribution in [3.05, 3.63) is 54.9 Å². The van der Waals surface area contributed by atoms with Crippen LogP contribution in [0.3, 0.4) is 0 Å². The molecule has 5 nitrogen and oxygen atoms in total. The predicted octanol–water partition coefficient (Wildman–Crippen LogP) is 5.53. The summed E-state index contributed by atoms with van der Waals surface area (Å²) < 4.78 is 10.5. The first-order chi connectivity index (χ1) is 13.9. The molecular formula is C23H26N2O3S. The number of hydrogen-bond acceptors (Lipinski definition) is 5. The van der Waals surface area contributed by atoms with Gasteiger partial charge in [0.1, 0.15) is 11.4 Å². The maximum absolute atomic E-state index is 11.8. The molecule has 6 heteroatoms. The van der Waals surface area contributed by atoms with E-state index in [-0.39, 0.29) is 6.09 Å². The molecule has 0 aliphatic rings. The van der Waals surface area contributed by atoms with E-state index in [0.29, 0.717) is 6.54 Å². The smallest absolute Gasteiger partial charge is 0.407 e. The van der Waals surface area contributed by atoms with Crippen LogP contribution in [0.1, 0.15) is 20.8 Å². The van der Waals surface area contributed by atoms with E-state index in [9.17, 15) is 4.79 Å². The lowest BCUT2D eigenvalue weighted by atomic mass is 10.0. The van der Waals surface area contributed by atoms with Gasteiger partial charge in [-0.3, -0.25) is 4.98 Å². The Balaban J connectivity index is 1.75. The monoisotopic (exact) mass is 410 g/mol. The molecule has 0 saturated carbocycles. The lowest BCUT2D eigenvalue weighted by Gasteiger charge is -2.19. The molecule has 0 aliphatic heterocycles. The summed E-state index contributed by atoms with van der Waals surface area (Å²) in [7, 11) is 1.66. The number of ether oxygens (including phenoxy) is 2. The van der Waals surface area contributed by atoms with Gasteiger partial charge >= 0.3 is 6.09 Å². The minimum atomic E-state index is -0.493. The van der Waals surface area contributed by atoms with Crippen molar-refractivity contribution < 1.29 is 14.3 Å². The van der Waals surface area contributed by atoms with Crippen LogP contribution in [0.5, 0.6) is 5.75 Å². The maximum Gasteiger partial charge on any atom is 0.407 e. The number of methoxy groups -OCH3 is 1. The molecular weight excluding hydrogens is 384 g/mol. The lowest BCUT2D eigenvalue weighted by Crippen LogP contribution is -2.33. The summed E-state index contributed by atoms with van der Waals surface area (Å²) in [5.74, 6) is 1.57. The summed E-state index contributed by atoms with van der Waals surface area (Å²) in [5, 5.41) is 5.05. The summed E-state index contributed by atoms with van der Waals surface area (Å²) in [6.07, 6.45) is 3.29. The van der Waals surface area contributed by atoms with Crippen LogP contribution in [0.25, 0.3) is 21.9 Å². The van der Waals surface area contributed by atoms with Crippen LogP contribution in [-0.4, -0.2) is 36.1 Å². The number of nitrogens with zero attached hydrogens (tertiary/aromatic N) is 1. The van der Waals surface area contributed by atoms with Crippen molar-refractivity contribution in [3.63, 3.8) is 0 Å². The van der Waals surface area contributed by atoms with E-state index in [4.69, 9.17) is 9.47 Å². The number of amides is 1. The average Bonchev–Trinajstić information content (AvgIpc) is 2.69. The molecule has 1 amide bonds. The van der Waals surface area contributed by atoms with E-state index in [0.717, 1.165) is 38.3 Å². The number of fused-ring (bicyclic) bond motifs is 1. The van der Waals surface area contributed by atoms with E-state index in [1.165, 1.54) is 0 Å². The van der Waals surface area contributed by atoms with Gasteiger partial charge in [-0.25, -0.2) is 4.79 Å². The average molecular weight is 411 g/mol. The second kappa shape index (κ2) is 9.18. The number of alkyl carbamates (subject to hydrolysis) is 1. The topological polar surface area (TPSA) is 60.5 Å². The molecule has 29 heavy (non-hydrogen) atoms. The summed E-state index contributed by atoms with van der Waals surface area (Å²) in [6.45, 7) is 6.09. The number of benzene rings is 2. The molecule has 0 fully saturated rings. The van der Waals surface area contributed by atoms with Crippen LogP contribution >= 0.6 is 11.8 Å². The zero-order valence-electron chi connectivity index (χ0n) is 17.2. The number of aromatic nitrogens is 1. The van der Waals surface area contributed by atoms with Crippen LogP contribution in [0.15, 0.2) is 59.8 Å². The van der Waals surface area contributed by atoms with Gasteiger partial charge in [-0.05, 0) is 67.6 Å². The minimum Gasteiger partial charge on any atom is -0.497 e. The fraction of sp³-hybridized carbons (Fsp3) is 0.304. The van der Waals surface area contributed by atoms with Gasteiger partial charge in [0.2, 0.25) is 0 Å². The molecule has 1 N–H and O–H groups in total. The number of nitrogens with one attached hydrogen (secondary N) is 1. The van der Waals surface area contributed by atoms with E-state index in [1.807, 2.05) is 45.2 Å². The first-order valence-corrected chi connectivity index (χ1v) is 10.5. The molecule has 1 heterocycles. The summed E-state index contributed by atoms with van der Waals surface area (Å²) >= 11 is 1.70. The van der Waals surface area contributed by atoms with Crippen LogP contribution in [0.4, 0.5) is 4.79 Å². The van der Waals surface area contributed by atoms with Crippen LogP contribution in [0.2, 0.25) is 0 Å². The molecule has 0 saturated heterocycles. The van der Waals surface area contributed by atoms with Gasteiger partial charge in [-0.2, -0.15) is 0 Å². The minimum absolute atomic E-state index is 0.390. The quantitative estimate of drug-likeness (QED) is 0.428. The molecule has 3 rings (SSSR count). The Morgan fingerprint density at radius 3 is 2.55 bits per heavy atom. The highest BCUT2D eigenvalue weighted by atomic mass is 32.2. The zero-order chi connectivity index (χ0) is 20.9. The molecule has 1 aromatic heterocycles. The standard InChI is InChI=1S/C23H26N2O3S/c1-23(2,3)28-22(26)25-11-12-29-21-14-17(13-18-15-24-10-9-20(18)21)16-5-7-19(27-4)8-6-16/h5-10,13-15H,11-12H2,1-4H3,(H,25,26). The van der Waals surface area contributed by atoms with Gasteiger partial charge in [0.25, 0.3) is 0 Å². The van der Waals surface area contributed by atoms with Crippen molar-refractivity contribution >= 4 is 28.6 Å². The maximum atomic E-state index is 11.8. The van der Waals surface area contributed by atoms with Crippen molar-refractivity contribution in [2.24, 2.45) is 0 Å². The van der Waals surface area contributed by atoms with E-state index in [2.05, 4.69) is 34.6 Å². The number of carbonyl (C=O) groups excluding carboxylic acids is 1. The molecule has 0 radical (unpaired) electrons. The Morgan fingerprint density at radius 1 is 1.10 bits per heavy atom. The van der Waals surface area contributed by atoms with Crippen LogP contribution in [-0.2, 0) is 4.74 Å². The fourth-order valence-electron chi connectivity index (χ4n) is 2.87. The Morgan fingerprint density at radius 2 is 1.86 bits per heavy atom. The van der Waals surface area contributed by atoms with Gasteiger partial charge in [-0.15, -0.1) is 11.8 Å². The third-order valence-corrected chi connectivity index (χ3v) is 5.22. The van der Waals surface area contributed by atoms with Crippen molar-refractivity contribution in [2.75, 3.05) is 19.4 Å². The van der Waals surface area contributed by atoms with E-state index >= 15 is 0 Å². The Bertz CT molecular complexity index is 982. The number of pyridine rings is 1. The normalized spacial score (nSPS) is 11.3. The second-order valence-electron chi connectivity index (χ2n) is 7.58. The highest BCUT2D eigenvalue weighted by Gasteiger charge is 2.15. The van der Waals surface area contributed by atoms with Crippen molar-refractivity contribution in [3.8, 4) is 16.9 Å². The molecule has 0 aliphatic carbocycles. The molecule has 0 spiro atoms. The molecule has 3 aromatic rings. The highest BCUT2D eigenvalue weighted by molar-refractivity contribution is 7.99. The van der Waals surface area contributed by atoms with Crippen molar-refractivity contribution in [1.29, 1.82) is 0 Å². The largest absolute Gasteiger partial charge is 0.497 e. The number of rotatable bonds is 6. The third-order valence-electron chi connectivity index (χ3n) is 4.17. The molecule has 2 aromatic carbocycles. The summed E-state index contributed by atoms with van der Waals surface area (Å²) in [5.41, 5.74) is 1.74. The Kier molecular flexibility index (Phi) is 6.64. The SMILES string of the molecule is COc1ccc(-c2cc(SCCNC(=O)OC(C)(C)C)c3ccncc3c2)cc1. The number of carbonyl (C=O) groups is 1. The molecule has 0 bridgehead atoms. The zero-order valence-corrected chi connectivity index (χ0v) is 18.0. The van der Waals surface area contributed by atoms with Crippen molar-refractivity contribution in [2.45, 2.75) is 31.3 Å². The number of hydrogen-bond donors (Lipinski definition) is 1. The third kappa shape index (κ3) is 5.87.